The number of benzene rings is 4. The second-order valence-corrected chi connectivity index (χ2v) is 13.7. The number of methoxy groups -OCH3 is 2. The van der Waals surface area contributed by atoms with E-state index in [0.29, 0.717) is 27.5 Å². The van der Waals surface area contributed by atoms with Gasteiger partial charge in [-0.1, -0.05) is 77.8 Å². The molecule has 2 aliphatic heterocycles. The highest BCUT2D eigenvalue weighted by atomic mass is 35.5. The topological polar surface area (TPSA) is 113 Å². The SMILES string of the molecule is COc1cc([C@H]2C3=CC[C@@H]4C(=O)N(c5ccccc5)C(=O)[C@@H]4[C@@H]3C[C@H]3C(=O)N(c4cccc(Cl)c4)C(=O)[C@@]23c2ccccc2)cc(OC)c1O. The van der Waals surface area contributed by atoms with Gasteiger partial charge in [-0.05, 0) is 72.4 Å². The lowest BCUT2D eigenvalue weighted by atomic mass is 9.49. The molecule has 2 saturated heterocycles. The third kappa shape index (κ3) is 4.39. The third-order valence-electron chi connectivity index (χ3n) is 11.0. The molecule has 4 aromatic carbocycles. The van der Waals surface area contributed by atoms with Crippen molar-refractivity contribution in [2.45, 2.75) is 24.2 Å². The Morgan fingerprint density at radius 2 is 1.38 bits per heavy atom. The first-order valence-electron chi connectivity index (χ1n) is 16.5. The molecule has 9 nitrogen and oxygen atoms in total. The first-order valence-corrected chi connectivity index (χ1v) is 16.9. The second-order valence-electron chi connectivity index (χ2n) is 13.2. The molecule has 0 spiro atoms. The van der Waals surface area contributed by atoms with Crippen LogP contribution >= 0.6 is 11.6 Å². The van der Waals surface area contributed by atoms with Crippen molar-refractivity contribution in [3.05, 3.63) is 125 Å². The van der Waals surface area contributed by atoms with Gasteiger partial charge in [0.1, 0.15) is 0 Å². The van der Waals surface area contributed by atoms with Crippen LogP contribution in [-0.4, -0.2) is 43.0 Å². The lowest BCUT2D eigenvalue weighted by Gasteiger charge is -2.50. The standard InChI is InChI=1S/C40H33ClN2O7/c1-49-31-18-22(19-32(50-2)35(31)44)34-27-16-17-28-33(38(47)42(36(28)45)25-13-7-4-8-14-25)29(27)21-30-37(46)43(26-15-9-12-24(41)20-26)39(48)40(30,34)23-10-5-3-6-11-23/h3-16,18-20,28-30,33-34,44H,17,21H2,1-2H3/t28-,29+,30-,33-,34-,40+/m0/s1. The highest BCUT2D eigenvalue weighted by Gasteiger charge is 2.70. The summed E-state index contributed by atoms with van der Waals surface area (Å²) in [5.41, 5.74) is 1.33. The van der Waals surface area contributed by atoms with Crippen LogP contribution in [0.2, 0.25) is 5.02 Å². The van der Waals surface area contributed by atoms with Gasteiger partial charge in [-0.25, -0.2) is 4.90 Å². The average Bonchev–Trinajstić information content (AvgIpc) is 3.53. The van der Waals surface area contributed by atoms with Gasteiger partial charge in [-0.2, -0.15) is 0 Å². The van der Waals surface area contributed by atoms with Crippen molar-refractivity contribution in [1.29, 1.82) is 0 Å². The van der Waals surface area contributed by atoms with E-state index in [4.69, 9.17) is 21.1 Å². The van der Waals surface area contributed by atoms with Crippen molar-refractivity contribution in [2.24, 2.45) is 23.7 Å². The molecule has 4 aliphatic rings. The fourth-order valence-corrected chi connectivity index (χ4v) is 9.22. The number of rotatable bonds is 6. The van der Waals surface area contributed by atoms with E-state index in [-0.39, 0.29) is 41.9 Å². The van der Waals surface area contributed by atoms with Gasteiger partial charge in [0, 0.05) is 10.9 Å². The summed E-state index contributed by atoms with van der Waals surface area (Å²) >= 11 is 6.40. The van der Waals surface area contributed by atoms with E-state index in [2.05, 4.69) is 0 Å². The molecule has 0 radical (unpaired) electrons. The minimum atomic E-state index is -1.48. The number of carbonyl (C=O) groups excluding carboxylic acids is 4. The molecule has 0 bridgehead atoms. The molecular weight excluding hydrogens is 656 g/mol. The van der Waals surface area contributed by atoms with Gasteiger partial charge < -0.3 is 14.6 Å². The van der Waals surface area contributed by atoms with Crippen molar-refractivity contribution in [3.8, 4) is 17.2 Å². The van der Waals surface area contributed by atoms with Crippen molar-refractivity contribution >= 4 is 46.6 Å². The number of halogens is 1. The van der Waals surface area contributed by atoms with Crippen molar-refractivity contribution in [3.63, 3.8) is 0 Å². The molecule has 8 rings (SSSR count). The maximum absolute atomic E-state index is 15.4. The van der Waals surface area contributed by atoms with Gasteiger partial charge >= 0.3 is 0 Å². The number of phenolic OH excluding ortho intramolecular Hbond substituents is 1. The number of para-hydroxylation sites is 1. The van der Waals surface area contributed by atoms with Crippen molar-refractivity contribution in [2.75, 3.05) is 24.0 Å². The van der Waals surface area contributed by atoms with Gasteiger partial charge in [0.25, 0.3) is 0 Å². The minimum absolute atomic E-state index is 0.126. The molecule has 0 aromatic heterocycles. The van der Waals surface area contributed by atoms with Crippen LogP contribution in [0.25, 0.3) is 0 Å². The van der Waals surface area contributed by atoms with Gasteiger partial charge in [0.2, 0.25) is 29.4 Å². The number of nitrogens with zero attached hydrogens (tertiary/aromatic N) is 2. The Hall–Kier alpha value is -5.41. The highest BCUT2D eigenvalue weighted by molar-refractivity contribution is 6.32. The molecule has 4 amide bonds. The summed E-state index contributed by atoms with van der Waals surface area (Å²) in [6, 6.07) is 28.1. The minimum Gasteiger partial charge on any atom is -0.502 e. The zero-order valence-electron chi connectivity index (χ0n) is 27.3. The van der Waals surface area contributed by atoms with Crippen LogP contribution in [0.5, 0.6) is 17.2 Å². The summed E-state index contributed by atoms with van der Waals surface area (Å²) in [6.07, 6.45) is 2.43. The largest absolute Gasteiger partial charge is 0.502 e. The molecule has 1 N–H and O–H groups in total. The summed E-state index contributed by atoms with van der Waals surface area (Å²) < 4.78 is 11.2. The molecule has 4 aromatic rings. The Bertz CT molecular complexity index is 2080. The van der Waals surface area contributed by atoms with Gasteiger partial charge in [-0.15, -0.1) is 0 Å². The molecule has 6 atom stereocenters. The van der Waals surface area contributed by atoms with Gasteiger partial charge in [0.15, 0.2) is 11.5 Å². The third-order valence-corrected chi connectivity index (χ3v) is 11.3. The Morgan fingerprint density at radius 3 is 2.02 bits per heavy atom. The van der Waals surface area contributed by atoms with Crippen LogP contribution in [0.1, 0.15) is 29.9 Å². The molecule has 2 heterocycles. The first-order chi connectivity index (χ1) is 24.2. The van der Waals surface area contributed by atoms with Crippen LogP contribution < -0.4 is 19.3 Å². The Labute approximate surface area is 293 Å². The van der Waals surface area contributed by atoms with E-state index < -0.39 is 46.8 Å². The van der Waals surface area contributed by atoms with E-state index in [9.17, 15) is 19.5 Å². The highest BCUT2D eigenvalue weighted by Crippen LogP contribution is 2.65. The molecule has 1 saturated carbocycles. The van der Waals surface area contributed by atoms with Crippen molar-refractivity contribution < 1.29 is 33.8 Å². The molecule has 2 aliphatic carbocycles. The summed E-state index contributed by atoms with van der Waals surface area (Å²) in [6.45, 7) is 0. The Kier molecular flexibility index (Phi) is 7.56. The smallest absolute Gasteiger partial charge is 0.246 e. The zero-order chi connectivity index (χ0) is 34.9. The monoisotopic (exact) mass is 688 g/mol. The second kappa shape index (κ2) is 11.9. The van der Waals surface area contributed by atoms with E-state index in [0.717, 1.165) is 5.57 Å². The van der Waals surface area contributed by atoms with E-state index in [1.54, 1.807) is 60.7 Å². The van der Waals surface area contributed by atoms with Gasteiger partial charge in [-0.3, -0.25) is 24.1 Å². The molecular formula is C40H33ClN2O7. The molecule has 0 unspecified atom stereocenters. The zero-order valence-corrected chi connectivity index (χ0v) is 28.0. The fraction of sp³-hybridized carbons (Fsp3) is 0.250. The van der Waals surface area contributed by atoms with E-state index >= 15 is 4.79 Å². The predicted molar refractivity (Wildman–Crippen MR) is 186 cm³/mol. The van der Waals surface area contributed by atoms with E-state index in [1.165, 1.54) is 24.0 Å². The summed E-state index contributed by atoms with van der Waals surface area (Å²) in [4.78, 5) is 61.2. The number of anilines is 2. The number of allylic oxidation sites excluding steroid dienone is 2. The molecule has 50 heavy (non-hydrogen) atoms. The quantitative estimate of drug-likeness (QED) is 0.184. The number of carbonyl (C=O) groups is 4. The Balaban J connectivity index is 1.39. The number of ether oxygens (including phenoxy) is 2. The number of hydrogen-bond donors (Lipinski definition) is 1. The van der Waals surface area contributed by atoms with Crippen LogP contribution in [0, 0.1) is 23.7 Å². The number of hydrogen-bond acceptors (Lipinski definition) is 7. The number of fused-ring (bicyclic) bond motifs is 4. The van der Waals surface area contributed by atoms with E-state index in [1.807, 2.05) is 42.5 Å². The predicted octanol–water partition coefficient (Wildman–Crippen LogP) is 6.43. The van der Waals surface area contributed by atoms with Crippen molar-refractivity contribution in [1.82, 2.24) is 0 Å². The fourth-order valence-electron chi connectivity index (χ4n) is 9.03. The number of imide groups is 2. The Morgan fingerprint density at radius 1 is 0.740 bits per heavy atom. The van der Waals surface area contributed by atoms with Crippen LogP contribution in [-0.2, 0) is 24.6 Å². The normalized spacial score (nSPS) is 27.1. The number of aromatic hydroxyl groups is 1. The lowest BCUT2D eigenvalue weighted by Crippen LogP contribution is -2.53. The average molecular weight is 689 g/mol. The molecule has 3 fully saturated rings. The lowest BCUT2D eigenvalue weighted by molar-refractivity contribution is -0.127. The first kappa shape index (κ1) is 31.8. The summed E-state index contributed by atoms with van der Waals surface area (Å²) in [7, 11) is 2.85. The van der Waals surface area contributed by atoms with Crippen LogP contribution in [0.3, 0.4) is 0 Å². The molecule has 10 heteroatoms. The van der Waals surface area contributed by atoms with Crippen LogP contribution in [0.4, 0.5) is 11.4 Å². The maximum atomic E-state index is 15.4. The maximum Gasteiger partial charge on any atom is 0.246 e. The van der Waals surface area contributed by atoms with Gasteiger partial charge in [0.05, 0.1) is 48.8 Å². The number of phenols is 1. The number of amides is 4. The summed E-state index contributed by atoms with van der Waals surface area (Å²) in [5, 5.41) is 11.3. The summed E-state index contributed by atoms with van der Waals surface area (Å²) in [5.74, 6) is -5.07. The van der Waals surface area contributed by atoms with Crippen LogP contribution in [0.15, 0.2) is 109 Å². The molecule has 252 valence electrons.